The largest absolute Gasteiger partial charge is 0.375 e. The Kier molecular flexibility index (Phi) is 5.36. The van der Waals surface area contributed by atoms with Gasteiger partial charge in [0.2, 0.25) is 5.95 Å². The Morgan fingerprint density at radius 3 is 2.35 bits per heavy atom. The third kappa shape index (κ3) is 4.85. The summed E-state index contributed by atoms with van der Waals surface area (Å²) in [6.07, 6.45) is 3.55. The van der Waals surface area contributed by atoms with Crippen LogP contribution in [0.5, 0.6) is 0 Å². The molecule has 120 valence electrons. The van der Waals surface area contributed by atoms with Gasteiger partial charge in [-0.15, -0.1) is 0 Å². The normalized spacial score (nSPS) is 11.0. The van der Waals surface area contributed by atoms with E-state index in [0.29, 0.717) is 11.8 Å². The smallest absolute Gasteiger partial charge is 0.229 e. The number of hydrogen-bond acceptors (Lipinski definition) is 5. The third-order valence-electron chi connectivity index (χ3n) is 3.15. The van der Waals surface area contributed by atoms with Gasteiger partial charge in [-0.2, -0.15) is 4.98 Å². The van der Waals surface area contributed by atoms with E-state index in [4.69, 9.17) is 0 Å². The Hall–Kier alpha value is -2.82. The topological polar surface area (TPSA) is 61.9 Å². The lowest BCUT2D eigenvalue weighted by molar-refractivity contribution is 0.983. The minimum absolute atomic E-state index is 0.562. The first kappa shape index (κ1) is 16.5. The second-order valence-electron chi connectivity index (χ2n) is 5.41. The van der Waals surface area contributed by atoms with Gasteiger partial charge in [-0.05, 0) is 50.1 Å². The Bertz CT molecular complexity index is 714. The first-order chi connectivity index (χ1) is 11.0. The zero-order valence-electron chi connectivity index (χ0n) is 14.1. The van der Waals surface area contributed by atoms with E-state index in [1.807, 2.05) is 26.1 Å². The average molecular weight is 309 g/mol. The molecule has 0 saturated heterocycles. The van der Waals surface area contributed by atoms with Crippen LogP contribution >= 0.6 is 0 Å². The second kappa shape index (κ2) is 7.45. The van der Waals surface area contributed by atoms with Crippen LogP contribution in [0, 0.1) is 20.8 Å². The molecule has 0 amide bonds. The highest BCUT2D eigenvalue weighted by Gasteiger charge is 2.05. The number of hydrogen-bond donors (Lipinski definition) is 3. The predicted molar refractivity (Wildman–Crippen MR) is 96.9 cm³/mol. The van der Waals surface area contributed by atoms with Crippen LogP contribution in [0.25, 0.3) is 0 Å². The van der Waals surface area contributed by atoms with Gasteiger partial charge in [-0.3, -0.25) is 0 Å². The molecule has 23 heavy (non-hydrogen) atoms. The highest BCUT2D eigenvalue weighted by atomic mass is 15.2. The monoisotopic (exact) mass is 309 g/mol. The Morgan fingerprint density at radius 2 is 1.74 bits per heavy atom. The highest BCUT2D eigenvalue weighted by Crippen LogP contribution is 2.19. The van der Waals surface area contributed by atoms with Gasteiger partial charge < -0.3 is 16.0 Å². The number of aryl methyl sites for hydroxylation is 3. The SMILES string of the molecule is C=C/C=C(\NC)Nc1cc(C)nc(Nc2cc(C)cc(C)c2)n1. The Labute approximate surface area is 137 Å². The zero-order chi connectivity index (χ0) is 16.8. The van der Waals surface area contributed by atoms with Crippen LogP contribution in [0.4, 0.5) is 17.5 Å². The molecule has 2 rings (SSSR count). The molecular formula is C18H23N5. The number of nitrogens with zero attached hydrogens (tertiary/aromatic N) is 2. The van der Waals surface area contributed by atoms with Crippen molar-refractivity contribution < 1.29 is 0 Å². The van der Waals surface area contributed by atoms with Gasteiger partial charge >= 0.3 is 0 Å². The summed E-state index contributed by atoms with van der Waals surface area (Å²) in [7, 11) is 1.84. The summed E-state index contributed by atoms with van der Waals surface area (Å²) in [4.78, 5) is 8.96. The fraction of sp³-hybridized carbons (Fsp3) is 0.222. The average Bonchev–Trinajstić information content (AvgIpc) is 2.45. The van der Waals surface area contributed by atoms with Crippen molar-refractivity contribution in [2.75, 3.05) is 17.7 Å². The number of allylic oxidation sites excluding steroid dienone is 2. The van der Waals surface area contributed by atoms with Gasteiger partial charge in [0.15, 0.2) is 0 Å². The van der Waals surface area contributed by atoms with Crippen molar-refractivity contribution in [1.29, 1.82) is 0 Å². The maximum absolute atomic E-state index is 4.51. The van der Waals surface area contributed by atoms with E-state index in [0.717, 1.165) is 17.2 Å². The first-order valence-corrected chi connectivity index (χ1v) is 7.48. The molecule has 0 aliphatic carbocycles. The molecule has 5 nitrogen and oxygen atoms in total. The molecule has 0 bridgehead atoms. The fourth-order valence-electron chi connectivity index (χ4n) is 2.31. The number of benzene rings is 1. The molecule has 1 aromatic carbocycles. The molecule has 1 heterocycles. The van der Waals surface area contributed by atoms with Gasteiger partial charge in [0.25, 0.3) is 0 Å². The van der Waals surface area contributed by atoms with Crippen molar-refractivity contribution in [3.63, 3.8) is 0 Å². The van der Waals surface area contributed by atoms with Crippen LogP contribution in [-0.2, 0) is 0 Å². The van der Waals surface area contributed by atoms with E-state index in [-0.39, 0.29) is 0 Å². The third-order valence-corrected chi connectivity index (χ3v) is 3.15. The Morgan fingerprint density at radius 1 is 1.04 bits per heavy atom. The summed E-state index contributed by atoms with van der Waals surface area (Å²) in [6.45, 7) is 9.78. The van der Waals surface area contributed by atoms with E-state index in [2.05, 4.69) is 64.5 Å². The van der Waals surface area contributed by atoms with Crippen molar-refractivity contribution in [3.05, 3.63) is 65.6 Å². The summed E-state index contributed by atoms with van der Waals surface area (Å²) >= 11 is 0. The maximum Gasteiger partial charge on any atom is 0.229 e. The van der Waals surface area contributed by atoms with Crippen molar-refractivity contribution in [1.82, 2.24) is 15.3 Å². The molecule has 3 N–H and O–H groups in total. The van der Waals surface area contributed by atoms with Crippen molar-refractivity contribution in [2.24, 2.45) is 0 Å². The van der Waals surface area contributed by atoms with Crippen LogP contribution < -0.4 is 16.0 Å². The van der Waals surface area contributed by atoms with Crippen LogP contribution in [0.2, 0.25) is 0 Å². The second-order valence-corrected chi connectivity index (χ2v) is 5.41. The van der Waals surface area contributed by atoms with Crippen LogP contribution in [-0.4, -0.2) is 17.0 Å². The van der Waals surface area contributed by atoms with Gasteiger partial charge in [0, 0.05) is 24.5 Å². The first-order valence-electron chi connectivity index (χ1n) is 7.48. The molecule has 0 unspecified atom stereocenters. The summed E-state index contributed by atoms with van der Waals surface area (Å²) in [6, 6.07) is 8.17. The molecule has 0 spiro atoms. The van der Waals surface area contributed by atoms with Gasteiger partial charge in [0.1, 0.15) is 11.6 Å². The molecule has 1 aromatic heterocycles. The standard InChI is InChI=1S/C18H23N5/c1-6-7-16(19-5)22-17-11-14(4)20-18(23-17)21-15-9-12(2)8-13(3)10-15/h6-11,19H,1H2,2-5H3,(H2,20,21,22,23)/b16-7+. The van der Waals surface area contributed by atoms with Crippen LogP contribution in [0.3, 0.4) is 0 Å². The van der Waals surface area contributed by atoms with E-state index in [1.165, 1.54) is 11.1 Å². The van der Waals surface area contributed by atoms with Crippen LogP contribution in [0.1, 0.15) is 16.8 Å². The van der Waals surface area contributed by atoms with E-state index >= 15 is 0 Å². The lowest BCUT2D eigenvalue weighted by atomic mass is 10.1. The molecule has 0 radical (unpaired) electrons. The molecule has 0 fully saturated rings. The van der Waals surface area contributed by atoms with E-state index in [9.17, 15) is 0 Å². The minimum atomic E-state index is 0.562. The Balaban J connectivity index is 2.26. The van der Waals surface area contributed by atoms with E-state index < -0.39 is 0 Å². The molecule has 0 aliphatic rings. The lowest BCUT2D eigenvalue weighted by Crippen LogP contribution is -2.15. The van der Waals surface area contributed by atoms with E-state index in [1.54, 1.807) is 6.08 Å². The number of rotatable bonds is 6. The quantitative estimate of drug-likeness (QED) is 0.708. The van der Waals surface area contributed by atoms with Crippen molar-refractivity contribution >= 4 is 17.5 Å². The molecule has 5 heteroatoms. The van der Waals surface area contributed by atoms with Crippen molar-refractivity contribution in [2.45, 2.75) is 20.8 Å². The molecule has 2 aromatic rings. The fourth-order valence-corrected chi connectivity index (χ4v) is 2.31. The zero-order valence-corrected chi connectivity index (χ0v) is 14.1. The predicted octanol–water partition coefficient (Wildman–Crippen LogP) is 3.80. The van der Waals surface area contributed by atoms with Crippen LogP contribution in [0.15, 0.2) is 48.8 Å². The summed E-state index contributed by atoms with van der Waals surface area (Å²) in [5.74, 6) is 2.09. The highest BCUT2D eigenvalue weighted by molar-refractivity contribution is 5.58. The molecule has 0 aliphatic heterocycles. The molecule has 0 atom stereocenters. The van der Waals surface area contributed by atoms with Crippen molar-refractivity contribution in [3.8, 4) is 0 Å². The minimum Gasteiger partial charge on any atom is -0.375 e. The van der Waals surface area contributed by atoms with Gasteiger partial charge in [-0.1, -0.05) is 18.7 Å². The number of anilines is 3. The summed E-state index contributed by atoms with van der Waals surface area (Å²) in [5, 5.41) is 9.53. The lowest BCUT2D eigenvalue weighted by Gasteiger charge is -2.12. The van der Waals surface area contributed by atoms with Gasteiger partial charge in [0.05, 0.1) is 0 Å². The summed E-state index contributed by atoms with van der Waals surface area (Å²) < 4.78 is 0. The summed E-state index contributed by atoms with van der Waals surface area (Å²) in [5.41, 5.74) is 4.26. The van der Waals surface area contributed by atoms with Gasteiger partial charge in [-0.25, -0.2) is 4.98 Å². The maximum atomic E-state index is 4.51. The number of nitrogens with one attached hydrogen (secondary N) is 3. The molecule has 0 saturated carbocycles. The molecular weight excluding hydrogens is 286 g/mol. The number of aromatic nitrogens is 2.